The van der Waals surface area contributed by atoms with Gasteiger partial charge >= 0.3 is 0 Å². The molecule has 0 spiro atoms. The van der Waals surface area contributed by atoms with Gasteiger partial charge in [0, 0.05) is 5.41 Å². The molecule has 5 aliphatic rings. The van der Waals surface area contributed by atoms with E-state index in [2.05, 4.69) is 44.4 Å². The Hall–Kier alpha value is -3.54. The topological polar surface area (TPSA) is 63.4 Å². The fraction of sp³-hybridized carbons (Fsp3) is 0.379. The monoisotopic (exact) mass is 463 g/mol. The third-order valence-electron chi connectivity index (χ3n) is 8.64. The van der Waals surface area contributed by atoms with Gasteiger partial charge < -0.3 is 0 Å². The molecule has 0 unspecified atom stereocenters. The second-order valence-electron chi connectivity index (χ2n) is 11.0. The number of carbonyl (C=O) groups is 1. The zero-order chi connectivity index (χ0) is 23.6. The van der Waals surface area contributed by atoms with Crippen molar-refractivity contribution >= 4 is 23.4 Å². The maximum absolute atomic E-state index is 13.0. The summed E-state index contributed by atoms with van der Waals surface area (Å²) < 4.78 is 2.06. The van der Waals surface area contributed by atoms with Crippen molar-refractivity contribution in [2.75, 3.05) is 5.01 Å². The van der Waals surface area contributed by atoms with Crippen LogP contribution in [0.3, 0.4) is 0 Å². The molecule has 1 aromatic heterocycles. The van der Waals surface area contributed by atoms with E-state index in [4.69, 9.17) is 0 Å². The van der Waals surface area contributed by atoms with E-state index in [-0.39, 0.29) is 11.3 Å². The number of benzene rings is 2. The number of hydrogen-bond acceptors (Lipinski definition) is 4. The van der Waals surface area contributed by atoms with Crippen LogP contribution in [-0.2, 0) is 10.2 Å². The molecule has 6 heteroatoms. The molecule has 0 radical (unpaired) electrons. The van der Waals surface area contributed by atoms with Crippen molar-refractivity contribution in [3.05, 3.63) is 77.6 Å². The summed E-state index contributed by atoms with van der Waals surface area (Å²) in [5.41, 5.74) is 5.65. The first-order valence-electron chi connectivity index (χ1n) is 12.8. The van der Waals surface area contributed by atoms with Gasteiger partial charge in [0.15, 0.2) is 0 Å². The summed E-state index contributed by atoms with van der Waals surface area (Å²) in [5.74, 6) is 2.53. The Morgan fingerprint density at radius 2 is 1.54 bits per heavy atom. The molecule has 1 aliphatic heterocycles. The van der Waals surface area contributed by atoms with Crippen LogP contribution in [0, 0.1) is 17.8 Å². The number of para-hydroxylation sites is 1. The van der Waals surface area contributed by atoms with Crippen molar-refractivity contribution in [1.29, 1.82) is 0 Å². The molecule has 4 fully saturated rings. The minimum absolute atomic E-state index is 0.0989. The van der Waals surface area contributed by atoms with Gasteiger partial charge in [-0.3, -0.25) is 4.79 Å². The highest BCUT2D eigenvalue weighted by atomic mass is 16.2. The summed E-state index contributed by atoms with van der Waals surface area (Å²) in [6.07, 6.45) is 12.1. The van der Waals surface area contributed by atoms with Gasteiger partial charge in [0.1, 0.15) is 0 Å². The highest BCUT2D eigenvalue weighted by molar-refractivity contribution is 6.32. The predicted molar refractivity (Wildman–Crippen MR) is 136 cm³/mol. The molecule has 4 bridgehead atoms. The normalized spacial score (nSPS) is 30.4. The van der Waals surface area contributed by atoms with Crippen LogP contribution in [0.4, 0.5) is 5.69 Å². The maximum atomic E-state index is 13.0. The molecule has 4 aliphatic carbocycles. The second kappa shape index (κ2) is 7.74. The van der Waals surface area contributed by atoms with Crippen molar-refractivity contribution in [3.8, 4) is 5.69 Å². The summed E-state index contributed by atoms with van der Waals surface area (Å²) >= 11 is 0. The number of rotatable bonds is 4. The van der Waals surface area contributed by atoms with Crippen LogP contribution in [0.5, 0.6) is 0 Å². The van der Waals surface area contributed by atoms with Crippen LogP contribution in [0.15, 0.2) is 71.5 Å². The molecule has 6 nitrogen and oxygen atoms in total. The molecule has 1 amide bonds. The summed E-state index contributed by atoms with van der Waals surface area (Å²) in [4.78, 5) is 13.0. The number of anilines is 1. The van der Waals surface area contributed by atoms with Gasteiger partial charge in [0.2, 0.25) is 0 Å². The Balaban J connectivity index is 1.16. The molecule has 0 atom stereocenters. The van der Waals surface area contributed by atoms with Gasteiger partial charge in [-0.25, -0.2) is 4.68 Å². The lowest BCUT2D eigenvalue weighted by atomic mass is 9.49. The average molecular weight is 464 g/mol. The van der Waals surface area contributed by atoms with Crippen LogP contribution in [0.25, 0.3) is 11.8 Å². The molecule has 3 aromatic rings. The van der Waals surface area contributed by atoms with Crippen molar-refractivity contribution in [3.63, 3.8) is 0 Å². The predicted octanol–water partition coefficient (Wildman–Crippen LogP) is 5.54. The van der Waals surface area contributed by atoms with Gasteiger partial charge in [-0.2, -0.15) is 10.1 Å². The summed E-state index contributed by atoms with van der Waals surface area (Å²) in [5, 5.41) is 14.8. The summed E-state index contributed by atoms with van der Waals surface area (Å²) in [6.45, 7) is 1.88. The van der Waals surface area contributed by atoms with Crippen LogP contribution in [0.1, 0.15) is 56.7 Å². The second-order valence-corrected chi connectivity index (χ2v) is 11.0. The Morgan fingerprint density at radius 3 is 2.20 bits per heavy atom. The van der Waals surface area contributed by atoms with Gasteiger partial charge in [0.25, 0.3) is 5.91 Å². The zero-order valence-corrected chi connectivity index (χ0v) is 20.0. The first kappa shape index (κ1) is 20.8. The van der Waals surface area contributed by atoms with Gasteiger partial charge in [0.05, 0.1) is 34.6 Å². The van der Waals surface area contributed by atoms with E-state index >= 15 is 0 Å². The number of amides is 1. The third-order valence-corrected chi connectivity index (χ3v) is 8.64. The molecule has 35 heavy (non-hydrogen) atoms. The lowest BCUT2D eigenvalue weighted by Crippen LogP contribution is -2.49. The van der Waals surface area contributed by atoms with Gasteiger partial charge in [-0.05, 0) is 99.1 Å². The molecular formula is C29H29N5O. The Bertz CT molecular complexity index is 1320. The van der Waals surface area contributed by atoms with Gasteiger partial charge in [-0.1, -0.05) is 35.5 Å². The Morgan fingerprint density at radius 1 is 0.886 bits per heavy atom. The number of aromatic nitrogens is 3. The summed E-state index contributed by atoms with van der Waals surface area (Å²) in [6, 6.07) is 17.8. The number of hydrazone groups is 1. The van der Waals surface area contributed by atoms with Crippen LogP contribution in [-0.4, -0.2) is 26.6 Å². The van der Waals surface area contributed by atoms with Crippen LogP contribution < -0.4 is 5.01 Å². The first-order valence-corrected chi connectivity index (χ1v) is 12.8. The summed E-state index contributed by atoms with van der Waals surface area (Å²) in [7, 11) is 0. The van der Waals surface area contributed by atoms with E-state index in [1.807, 2.05) is 49.5 Å². The lowest BCUT2D eigenvalue weighted by molar-refractivity contribution is -0.114. The van der Waals surface area contributed by atoms with Crippen molar-refractivity contribution < 1.29 is 4.79 Å². The molecule has 8 rings (SSSR count). The minimum atomic E-state index is -0.0989. The van der Waals surface area contributed by atoms with Crippen molar-refractivity contribution in [1.82, 2.24) is 15.0 Å². The Kier molecular flexibility index (Phi) is 4.60. The molecule has 2 heterocycles. The van der Waals surface area contributed by atoms with E-state index < -0.39 is 0 Å². The SMILES string of the molecule is CC1=NN(c2ccccc2)C(=O)C1=Cc1ccc(-n2nncc2C23CC4CC(CC(C4)C2)C3)cc1. The first-order chi connectivity index (χ1) is 17.1. The van der Waals surface area contributed by atoms with E-state index in [0.29, 0.717) is 5.57 Å². The molecule has 0 N–H and O–H groups in total. The molecule has 176 valence electrons. The number of carbonyl (C=O) groups excluding carboxylic acids is 1. The van der Waals surface area contributed by atoms with Crippen LogP contribution >= 0.6 is 0 Å². The zero-order valence-electron chi connectivity index (χ0n) is 20.0. The quantitative estimate of drug-likeness (QED) is 0.477. The Labute approximate surface area is 205 Å². The molecule has 4 saturated carbocycles. The van der Waals surface area contributed by atoms with E-state index in [0.717, 1.165) is 40.4 Å². The fourth-order valence-corrected chi connectivity index (χ4v) is 7.52. The fourth-order valence-electron chi connectivity index (χ4n) is 7.52. The minimum Gasteiger partial charge on any atom is -0.267 e. The molecule has 2 aromatic carbocycles. The van der Waals surface area contributed by atoms with Crippen molar-refractivity contribution in [2.45, 2.75) is 50.9 Å². The smallest absolute Gasteiger partial charge is 0.267 e. The standard InChI is InChI=1S/C29H29N5O/c1-19-26(28(35)34(31-19)24-5-3-2-4-6-24)14-20-7-9-25(10-8-20)33-27(18-30-32-33)29-15-21-11-22(16-29)13-23(12-21)17-29/h2-10,14,18,21-23H,11-13,15-17H2,1H3. The van der Waals surface area contributed by atoms with Crippen LogP contribution in [0.2, 0.25) is 0 Å². The highest BCUT2D eigenvalue weighted by Crippen LogP contribution is 2.60. The average Bonchev–Trinajstić information content (AvgIpc) is 3.46. The molecule has 0 saturated heterocycles. The number of nitrogens with zero attached hydrogens (tertiary/aromatic N) is 5. The van der Waals surface area contributed by atoms with Crippen molar-refractivity contribution in [2.24, 2.45) is 22.9 Å². The largest absolute Gasteiger partial charge is 0.280 e. The highest BCUT2D eigenvalue weighted by Gasteiger charge is 2.53. The number of hydrogen-bond donors (Lipinski definition) is 0. The maximum Gasteiger partial charge on any atom is 0.280 e. The lowest BCUT2D eigenvalue weighted by Gasteiger charge is -2.56. The van der Waals surface area contributed by atoms with Gasteiger partial charge in [-0.15, -0.1) is 5.10 Å². The van der Waals surface area contributed by atoms with E-state index in [1.54, 1.807) is 0 Å². The molecular weight excluding hydrogens is 434 g/mol. The third kappa shape index (κ3) is 3.38. The van der Waals surface area contributed by atoms with E-state index in [9.17, 15) is 4.79 Å². The van der Waals surface area contributed by atoms with E-state index in [1.165, 1.54) is 49.2 Å².